The van der Waals surface area contributed by atoms with Crippen molar-refractivity contribution < 1.29 is 28.5 Å². The van der Waals surface area contributed by atoms with E-state index in [2.05, 4.69) is 30.0 Å². The fourth-order valence-corrected chi connectivity index (χ4v) is 1.63. The van der Waals surface area contributed by atoms with E-state index in [0.717, 1.165) is 0 Å². The molecule has 0 N–H and O–H groups in total. The molecule has 64 valence electrons. The number of aryl methyl sites for hydroxylation is 2. The zero-order valence-electron chi connectivity index (χ0n) is 7.01. The second-order valence-electron chi connectivity index (χ2n) is 2.47. The third kappa shape index (κ3) is 3.51. The van der Waals surface area contributed by atoms with Gasteiger partial charge in [-0.15, -0.1) is 0 Å². The summed E-state index contributed by atoms with van der Waals surface area (Å²) >= 11 is 1.82. The smallest absolute Gasteiger partial charge is 0.234 e. The maximum absolute atomic E-state index is 2.31. The van der Waals surface area contributed by atoms with Crippen molar-refractivity contribution in [3.8, 4) is 0 Å². The van der Waals surface area contributed by atoms with Gasteiger partial charge < -0.3 is 24.0 Å². The highest BCUT2D eigenvalue weighted by Gasteiger charge is 2.04. The first-order chi connectivity index (χ1) is 4.84. The Morgan fingerprint density at radius 3 is 2.73 bits per heavy atom. The summed E-state index contributed by atoms with van der Waals surface area (Å²) in [5.74, 6) is 0. The minimum absolute atomic E-state index is 0. The normalized spacial score (nSPS) is 9.27. The van der Waals surface area contributed by atoms with E-state index in [0.29, 0.717) is 0 Å². The molecule has 0 spiro atoms. The van der Waals surface area contributed by atoms with E-state index in [1.807, 2.05) is 11.3 Å². The van der Waals surface area contributed by atoms with Crippen molar-refractivity contribution in [2.75, 3.05) is 0 Å². The first-order valence-electron chi connectivity index (χ1n) is 3.78. The minimum atomic E-state index is 0. The van der Waals surface area contributed by atoms with E-state index < -0.39 is 0 Å². The van der Waals surface area contributed by atoms with Gasteiger partial charge in [-0.25, -0.2) is 0 Å². The Hall–Kier alpha value is 0.360. The topological polar surface area (TPSA) is 3.88 Å². The van der Waals surface area contributed by atoms with Gasteiger partial charge in [0.15, 0.2) is 6.20 Å². The first kappa shape index (κ1) is 11.4. The van der Waals surface area contributed by atoms with Crippen molar-refractivity contribution in [1.82, 2.24) is 0 Å². The highest BCUT2D eigenvalue weighted by Crippen LogP contribution is 1.99. The average molecular weight is 283 g/mol. The van der Waals surface area contributed by atoms with Crippen molar-refractivity contribution in [2.24, 2.45) is 0 Å². The summed E-state index contributed by atoms with van der Waals surface area (Å²) in [5.41, 5.74) is 0. The molecule has 0 aromatic carbocycles. The molecule has 0 atom stereocenters. The molecule has 0 radical (unpaired) electrons. The summed E-state index contributed by atoms with van der Waals surface area (Å²) in [6.45, 7) is 5.58. The monoisotopic (exact) mass is 283 g/mol. The van der Waals surface area contributed by atoms with Gasteiger partial charge in [0.25, 0.3) is 0 Å². The SMILES string of the molecule is CCCC[n+]1ccsc1C.[I-]. The fourth-order valence-electron chi connectivity index (χ4n) is 0.935. The molecule has 0 aliphatic heterocycles. The number of rotatable bonds is 3. The molecule has 0 amide bonds. The van der Waals surface area contributed by atoms with E-state index in [1.54, 1.807) is 0 Å². The number of hydrogen-bond acceptors (Lipinski definition) is 1. The minimum Gasteiger partial charge on any atom is -1.00 e. The van der Waals surface area contributed by atoms with E-state index in [1.165, 1.54) is 24.4 Å². The molecule has 11 heavy (non-hydrogen) atoms. The number of aromatic nitrogens is 1. The fraction of sp³-hybridized carbons (Fsp3) is 0.625. The number of unbranched alkanes of at least 4 members (excludes halogenated alkanes) is 1. The van der Waals surface area contributed by atoms with Crippen LogP contribution in [0.4, 0.5) is 0 Å². The van der Waals surface area contributed by atoms with E-state index >= 15 is 0 Å². The maximum Gasteiger partial charge on any atom is 0.234 e. The van der Waals surface area contributed by atoms with Gasteiger partial charge in [-0.05, 0) is 0 Å². The van der Waals surface area contributed by atoms with Gasteiger partial charge in [-0.1, -0.05) is 24.7 Å². The summed E-state index contributed by atoms with van der Waals surface area (Å²) in [5, 5.41) is 3.55. The summed E-state index contributed by atoms with van der Waals surface area (Å²) < 4.78 is 2.31. The molecule has 0 unspecified atom stereocenters. The zero-order chi connectivity index (χ0) is 7.40. The lowest BCUT2D eigenvalue weighted by molar-refractivity contribution is -0.698. The Kier molecular flexibility index (Phi) is 6.14. The van der Waals surface area contributed by atoms with Gasteiger partial charge in [0.05, 0.1) is 5.38 Å². The van der Waals surface area contributed by atoms with Crippen molar-refractivity contribution in [1.29, 1.82) is 0 Å². The van der Waals surface area contributed by atoms with Crippen LogP contribution in [0, 0.1) is 6.92 Å². The first-order valence-corrected chi connectivity index (χ1v) is 4.66. The molecule has 1 heterocycles. The number of hydrogen-bond donors (Lipinski definition) is 0. The van der Waals surface area contributed by atoms with Crippen LogP contribution < -0.4 is 28.5 Å². The molecule has 1 rings (SSSR count). The molecule has 0 bridgehead atoms. The Bertz CT molecular complexity index is 198. The Labute approximate surface area is 89.5 Å². The predicted octanol–water partition coefficient (Wildman–Crippen LogP) is -0.852. The van der Waals surface area contributed by atoms with E-state index in [4.69, 9.17) is 0 Å². The second-order valence-corrected chi connectivity index (χ2v) is 3.57. The molecule has 1 nitrogen and oxygen atoms in total. The largest absolute Gasteiger partial charge is 1.00 e. The van der Waals surface area contributed by atoms with Crippen molar-refractivity contribution in [2.45, 2.75) is 33.2 Å². The maximum atomic E-state index is 2.31. The van der Waals surface area contributed by atoms with E-state index in [9.17, 15) is 0 Å². The van der Waals surface area contributed by atoms with Crippen molar-refractivity contribution in [3.63, 3.8) is 0 Å². The van der Waals surface area contributed by atoms with Crippen LogP contribution in [-0.2, 0) is 6.54 Å². The summed E-state index contributed by atoms with van der Waals surface area (Å²) in [6.07, 6.45) is 4.74. The molecular formula is C8H14INS. The van der Waals surface area contributed by atoms with Crippen LogP contribution in [0.5, 0.6) is 0 Å². The van der Waals surface area contributed by atoms with Crippen LogP contribution in [0.15, 0.2) is 11.6 Å². The second kappa shape index (κ2) is 5.94. The lowest BCUT2D eigenvalue weighted by atomic mass is 10.3. The number of halogens is 1. The Balaban J connectivity index is 0.000001000. The van der Waals surface area contributed by atoms with Crippen LogP contribution >= 0.6 is 11.3 Å². The van der Waals surface area contributed by atoms with Gasteiger partial charge in [-0.2, -0.15) is 4.57 Å². The van der Waals surface area contributed by atoms with Crippen molar-refractivity contribution in [3.05, 3.63) is 16.6 Å². The van der Waals surface area contributed by atoms with Gasteiger partial charge in [0.2, 0.25) is 5.01 Å². The number of thiazole rings is 1. The van der Waals surface area contributed by atoms with E-state index in [-0.39, 0.29) is 24.0 Å². The van der Waals surface area contributed by atoms with Gasteiger partial charge >= 0.3 is 0 Å². The van der Waals surface area contributed by atoms with Gasteiger partial charge in [0, 0.05) is 13.3 Å². The summed E-state index contributed by atoms with van der Waals surface area (Å²) in [6, 6.07) is 0. The molecule has 0 saturated heterocycles. The van der Waals surface area contributed by atoms with Gasteiger partial charge in [-0.3, -0.25) is 0 Å². The summed E-state index contributed by atoms with van der Waals surface area (Å²) in [7, 11) is 0. The third-order valence-electron chi connectivity index (χ3n) is 1.64. The third-order valence-corrected chi connectivity index (χ3v) is 2.47. The van der Waals surface area contributed by atoms with Gasteiger partial charge in [0.1, 0.15) is 6.54 Å². The lowest BCUT2D eigenvalue weighted by Gasteiger charge is -1.90. The Morgan fingerprint density at radius 2 is 2.27 bits per heavy atom. The van der Waals surface area contributed by atoms with Crippen molar-refractivity contribution >= 4 is 11.3 Å². The molecule has 1 aromatic heterocycles. The molecule has 0 aliphatic rings. The molecule has 0 saturated carbocycles. The molecule has 1 aromatic rings. The average Bonchev–Trinajstić information content (AvgIpc) is 2.31. The highest BCUT2D eigenvalue weighted by atomic mass is 127. The molecular weight excluding hydrogens is 269 g/mol. The molecule has 0 aliphatic carbocycles. The van der Waals surface area contributed by atoms with Crippen LogP contribution in [0.25, 0.3) is 0 Å². The van der Waals surface area contributed by atoms with Crippen LogP contribution in [0.1, 0.15) is 24.8 Å². The zero-order valence-corrected chi connectivity index (χ0v) is 9.98. The lowest BCUT2D eigenvalue weighted by Crippen LogP contribution is -3.00. The number of nitrogens with zero attached hydrogens (tertiary/aromatic N) is 1. The molecule has 3 heteroatoms. The highest BCUT2D eigenvalue weighted by molar-refractivity contribution is 7.09. The van der Waals surface area contributed by atoms with Crippen LogP contribution in [-0.4, -0.2) is 0 Å². The molecule has 0 fully saturated rings. The predicted molar refractivity (Wildman–Crippen MR) is 44.2 cm³/mol. The van der Waals surface area contributed by atoms with Crippen LogP contribution in [0.3, 0.4) is 0 Å². The summed E-state index contributed by atoms with van der Waals surface area (Å²) in [4.78, 5) is 0. The quantitative estimate of drug-likeness (QED) is 0.502. The Morgan fingerprint density at radius 1 is 1.55 bits per heavy atom. The standard InChI is InChI=1S/C8H14NS.HI/c1-3-4-5-9-6-7-10-8(9)2;/h6-7H,3-5H2,1-2H3;1H/q+1;/p-1. The van der Waals surface area contributed by atoms with Crippen LogP contribution in [0.2, 0.25) is 0 Å².